The first-order valence-corrected chi connectivity index (χ1v) is 14.1. The molecule has 0 aliphatic carbocycles. The van der Waals surface area contributed by atoms with Crippen molar-refractivity contribution in [2.24, 2.45) is 0 Å². The Bertz CT molecular complexity index is 1120. The molecule has 2 aromatic carbocycles. The lowest BCUT2D eigenvalue weighted by Crippen LogP contribution is -2.38. The number of nitrogens with zero attached hydrogens (tertiary/aromatic N) is 2. The first kappa shape index (κ1) is 28.6. The molecule has 4 rings (SSSR count). The van der Waals surface area contributed by atoms with Crippen molar-refractivity contribution >= 4 is 17.4 Å². The predicted molar refractivity (Wildman–Crippen MR) is 150 cm³/mol. The maximum atomic E-state index is 13.3. The van der Waals surface area contributed by atoms with Crippen LogP contribution in [0.25, 0.3) is 5.76 Å². The molecule has 2 heterocycles. The summed E-state index contributed by atoms with van der Waals surface area (Å²) < 4.78 is 16.8. The molecule has 39 heavy (non-hydrogen) atoms. The molecule has 0 spiro atoms. The van der Waals surface area contributed by atoms with E-state index < -0.39 is 17.7 Å². The highest BCUT2D eigenvalue weighted by molar-refractivity contribution is 6.46. The minimum Gasteiger partial charge on any atom is -0.507 e. The van der Waals surface area contributed by atoms with E-state index in [1.807, 2.05) is 31.2 Å². The molecule has 0 radical (unpaired) electrons. The molecule has 8 nitrogen and oxygen atoms in total. The van der Waals surface area contributed by atoms with Crippen LogP contribution >= 0.6 is 0 Å². The Labute approximate surface area is 231 Å². The second kappa shape index (κ2) is 14.1. The van der Waals surface area contributed by atoms with Gasteiger partial charge in [-0.1, -0.05) is 31.9 Å². The molecule has 0 aromatic heterocycles. The number of ether oxygens (including phenoxy) is 3. The van der Waals surface area contributed by atoms with Gasteiger partial charge in [-0.05, 0) is 61.7 Å². The van der Waals surface area contributed by atoms with Crippen LogP contribution < -0.4 is 9.47 Å². The molecule has 210 valence electrons. The van der Waals surface area contributed by atoms with Gasteiger partial charge in [0, 0.05) is 31.7 Å². The summed E-state index contributed by atoms with van der Waals surface area (Å²) in [6, 6.07) is 13.7. The van der Waals surface area contributed by atoms with Gasteiger partial charge in [-0.25, -0.2) is 0 Å². The first-order valence-electron chi connectivity index (χ1n) is 14.1. The number of amides is 1. The SMILES string of the molecule is CCCCCOc1ccc(C2/C(=C(\O)c3ccc(OCC)cc3)C(=O)C(=O)N2CCCN2CCOCC2)cc1. The Balaban J connectivity index is 1.60. The van der Waals surface area contributed by atoms with Crippen LogP contribution in [0.5, 0.6) is 11.5 Å². The van der Waals surface area contributed by atoms with Crippen LogP contribution in [-0.2, 0) is 14.3 Å². The van der Waals surface area contributed by atoms with E-state index in [-0.39, 0.29) is 11.3 Å². The summed E-state index contributed by atoms with van der Waals surface area (Å²) in [7, 11) is 0. The molecule has 2 saturated heterocycles. The molecule has 1 N–H and O–H groups in total. The average Bonchev–Trinajstić information content (AvgIpc) is 3.21. The Morgan fingerprint density at radius 2 is 1.56 bits per heavy atom. The zero-order chi connectivity index (χ0) is 27.6. The van der Waals surface area contributed by atoms with E-state index in [4.69, 9.17) is 14.2 Å². The van der Waals surface area contributed by atoms with Crippen LogP contribution in [-0.4, -0.2) is 79.2 Å². The average molecular weight is 537 g/mol. The minimum atomic E-state index is -0.685. The van der Waals surface area contributed by atoms with E-state index in [1.165, 1.54) is 0 Å². The highest BCUT2D eigenvalue weighted by Crippen LogP contribution is 2.40. The number of aliphatic hydroxyl groups excluding tert-OH is 1. The summed E-state index contributed by atoms with van der Waals surface area (Å²) in [5.74, 6) is -0.0294. The predicted octanol–water partition coefficient (Wildman–Crippen LogP) is 4.80. The van der Waals surface area contributed by atoms with Gasteiger partial charge in [0.25, 0.3) is 11.7 Å². The van der Waals surface area contributed by atoms with Gasteiger partial charge in [0.15, 0.2) is 0 Å². The number of rotatable bonds is 13. The summed E-state index contributed by atoms with van der Waals surface area (Å²) in [5.41, 5.74) is 1.33. The summed E-state index contributed by atoms with van der Waals surface area (Å²) in [6.45, 7) is 9.57. The highest BCUT2D eigenvalue weighted by atomic mass is 16.5. The van der Waals surface area contributed by atoms with Crippen LogP contribution in [0.2, 0.25) is 0 Å². The Kier molecular flexibility index (Phi) is 10.4. The molecule has 2 aliphatic rings. The molecule has 1 amide bonds. The normalized spacial score (nSPS) is 19.4. The summed E-state index contributed by atoms with van der Waals surface area (Å²) in [4.78, 5) is 30.5. The summed E-state index contributed by atoms with van der Waals surface area (Å²) >= 11 is 0. The Morgan fingerprint density at radius 1 is 0.897 bits per heavy atom. The van der Waals surface area contributed by atoms with Gasteiger partial charge in [0.1, 0.15) is 17.3 Å². The molecule has 2 aromatic rings. The number of ketones is 1. The Morgan fingerprint density at radius 3 is 2.23 bits per heavy atom. The summed E-state index contributed by atoms with van der Waals surface area (Å²) in [5, 5.41) is 11.3. The third-order valence-corrected chi connectivity index (χ3v) is 7.17. The van der Waals surface area contributed by atoms with Crippen molar-refractivity contribution < 1.29 is 28.9 Å². The number of unbranched alkanes of at least 4 members (excludes halogenated alkanes) is 2. The maximum Gasteiger partial charge on any atom is 0.295 e. The standard InChI is InChI=1S/C31H40N2O6/c1-3-5-6-20-39-26-12-8-23(9-13-26)28-27(29(34)24-10-14-25(15-11-24)38-4-2)30(35)31(36)33(28)17-7-16-32-18-21-37-22-19-32/h8-15,28,34H,3-7,16-22H2,1-2H3/b29-27+. The number of carbonyl (C=O) groups excluding carboxylic acids is 2. The molecular formula is C31H40N2O6. The van der Waals surface area contributed by atoms with Crippen LogP contribution in [0.4, 0.5) is 0 Å². The number of benzene rings is 2. The van der Waals surface area contributed by atoms with Crippen molar-refractivity contribution in [3.05, 3.63) is 65.2 Å². The lowest BCUT2D eigenvalue weighted by Gasteiger charge is -2.29. The van der Waals surface area contributed by atoms with Crippen molar-refractivity contribution in [2.75, 3.05) is 52.6 Å². The van der Waals surface area contributed by atoms with Crippen LogP contribution in [0.15, 0.2) is 54.1 Å². The number of hydrogen-bond donors (Lipinski definition) is 1. The van der Waals surface area contributed by atoms with Crippen molar-refractivity contribution in [3.63, 3.8) is 0 Å². The van der Waals surface area contributed by atoms with Gasteiger partial charge in [0.2, 0.25) is 0 Å². The molecule has 0 bridgehead atoms. The van der Waals surface area contributed by atoms with Gasteiger partial charge in [-0.2, -0.15) is 0 Å². The zero-order valence-electron chi connectivity index (χ0n) is 23.1. The molecule has 8 heteroatoms. The first-order chi connectivity index (χ1) is 19.0. The number of carbonyl (C=O) groups is 2. The van der Waals surface area contributed by atoms with Crippen molar-refractivity contribution in [3.8, 4) is 11.5 Å². The van der Waals surface area contributed by atoms with Gasteiger partial charge in [0.05, 0.1) is 38.0 Å². The number of likely N-dealkylation sites (tertiary alicyclic amines) is 1. The van der Waals surface area contributed by atoms with Crippen LogP contribution in [0.1, 0.15) is 56.7 Å². The van der Waals surface area contributed by atoms with E-state index in [0.29, 0.717) is 50.7 Å². The minimum absolute atomic E-state index is 0.104. The Hall–Kier alpha value is -3.36. The van der Waals surface area contributed by atoms with E-state index in [1.54, 1.807) is 29.2 Å². The highest BCUT2D eigenvalue weighted by Gasteiger charge is 2.45. The fourth-order valence-corrected chi connectivity index (χ4v) is 5.07. The monoisotopic (exact) mass is 536 g/mol. The van der Waals surface area contributed by atoms with E-state index in [2.05, 4.69) is 11.8 Å². The van der Waals surface area contributed by atoms with Crippen LogP contribution in [0, 0.1) is 0 Å². The number of aliphatic hydroxyl groups is 1. The smallest absolute Gasteiger partial charge is 0.295 e. The molecule has 2 fully saturated rings. The topological polar surface area (TPSA) is 88.5 Å². The van der Waals surface area contributed by atoms with Gasteiger partial charge in [-0.15, -0.1) is 0 Å². The van der Waals surface area contributed by atoms with Crippen molar-refractivity contribution in [1.29, 1.82) is 0 Å². The van der Waals surface area contributed by atoms with Crippen molar-refractivity contribution in [2.45, 2.75) is 45.6 Å². The van der Waals surface area contributed by atoms with E-state index >= 15 is 0 Å². The number of Topliss-reactive ketones (excluding diaryl/α,β-unsaturated/α-hetero) is 1. The van der Waals surface area contributed by atoms with Gasteiger partial charge in [-0.3, -0.25) is 14.5 Å². The van der Waals surface area contributed by atoms with Crippen LogP contribution in [0.3, 0.4) is 0 Å². The second-order valence-electron chi connectivity index (χ2n) is 9.88. The lowest BCUT2D eigenvalue weighted by atomic mass is 9.95. The largest absolute Gasteiger partial charge is 0.507 e. The van der Waals surface area contributed by atoms with Crippen molar-refractivity contribution in [1.82, 2.24) is 9.80 Å². The third-order valence-electron chi connectivity index (χ3n) is 7.17. The van der Waals surface area contributed by atoms with E-state index in [0.717, 1.165) is 50.2 Å². The van der Waals surface area contributed by atoms with Gasteiger partial charge < -0.3 is 24.2 Å². The fourth-order valence-electron chi connectivity index (χ4n) is 5.07. The lowest BCUT2D eigenvalue weighted by molar-refractivity contribution is -0.140. The summed E-state index contributed by atoms with van der Waals surface area (Å²) in [6.07, 6.45) is 3.94. The molecule has 1 unspecified atom stereocenters. The molecule has 0 saturated carbocycles. The fraction of sp³-hybridized carbons (Fsp3) is 0.484. The van der Waals surface area contributed by atoms with E-state index in [9.17, 15) is 14.7 Å². The van der Waals surface area contributed by atoms with Gasteiger partial charge >= 0.3 is 0 Å². The molecule has 2 aliphatic heterocycles. The maximum absolute atomic E-state index is 13.3. The molecular weight excluding hydrogens is 496 g/mol. The number of morpholine rings is 1. The zero-order valence-corrected chi connectivity index (χ0v) is 23.1. The second-order valence-corrected chi connectivity index (χ2v) is 9.88. The molecule has 1 atom stereocenters. The number of hydrogen-bond acceptors (Lipinski definition) is 7. The third kappa shape index (κ3) is 7.19. The quantitative estimate of drug-likeness (QED) is 0.170.